The van der Waals surface area contributed by atoms with E-state index in [2.05, 4.69) is 26.2 Å². The van der Waals surface area contributed by atoms with Gasteiger partial charge in [0.1, 0.15) is 5.75 Å². The van der Waals surface area contributed by atoms with E-state index in [0.717, 1.165) is 0 Å². The topological polar surface area (TPSA) is 77.5 Å². The number of nitrogens with zero attached hydrogens (tertiary/aromatic N) is 1. The first-order valence-corrected chi connectivity index (χ1v) is 8.03. The van der Waals surface area contributed by atoms with Gasteiger partial charge in [0.15, 0.2) is 6.10 Å². The van der Waals surface area contributed by atoms with Gasteiger partial charge in [-0.1, -0.05) is 11.6 Å². The number of nitrogens with one attached hydrogen (secondary N) is 1. The largest absolute Gasteiger partial charge is 0.495 e. The summed E-state index contributed by atoms with van der Waals surface area (Å²) in [7, 11) is 1.47. The molecule has 0 saturated carbocycles. The van der Waals surface area contributed by atoms with Crippen LogP contribution in [0, 0.1) is 0 Å². The Balaban J connectivity index is 2.05. The van der Waals surface area contributed by atoms with Gasteiger partial charge in [0, 0.05) is 21.9 Å². The molecule has 2 rings (SSSR count). The van der Waals surface area contributed by atoms with Crippen molar-refractivity contribution in [2.24, 2.45) is 0 Å². The molecule has 1 aromatic heterocycles. The fraction of sp³-hybridized carbons (Fsp3) is 0.188. The molecule has 0 unspecified atom stereocenters. The summed E-state index contributed by atoms with van der Waals surface area (Å²) >= 11 is 9.13. The zero-order valence-corrected chi connectivity index (χ0v) is 15.2. The maximum Gasteiger partial charge on any atom is 0.340 e. The van der Waals surface area contributed by atoms with Crippen molar-refractivity contribution in [1.29, 1.82) is 0 Å². The molecule has 1 heterocycles. The van der Waals surface area contributed by atoms with Crippen molar-refractivity contribution >= 4 is 45.1 Å². The quantitative estimate of drug-likeness (QED) is 0.757. The number of pyridine rings is 1. The standard InChI is InChI=1S/C16H14BrClN2O4/c1-9(24-16(22)10-5-11(17)8-19-7-10)15(21)20-13-6-12(18)3-4-14(13)23-2/h3-9H,1-2H3,(H,20,21)/t9-/m1/s1. The minimum Gasteiger partial charge on any atom is -0.495 e. The lowest BCUT2D eigenvalue weighted by atomic mass is 10.2. The summed E-state index contributed by atoms with van der Waals surface area (Å²) in [5.41, 5.74) is 0.631. The normalized spacial score (nSPS) is 11.5. The fourth-order valence-electron chi connectivity index (χ4n) is 1.82. The van der Waals surface area contributed by atoms with Gasteiger partial charge >= 0.3 is 5.97 Å². The molecule has 24 heavy (non-hydrogen) atoms. The van der Waals surface area contributed by atoms with Gasteiger partial charge in [0.05, 0.1) is 18.4 Å². The highest BCUT2D eigenvalue weighted by Crippen LogP contribution is 2.27. The number of aromatic nitrogens is 1. The van der Waals surface area contributed by atoms with Crippen LogP contribution < -0.4 is 10.1 Å². The van der Waals surface area contributed by atoms with Gasteiger partial charge in [-0.2, -0.15) is 0 Å². The van der Waals surface area contributed by atoms with Crippen LogP contribution in [0.4, 0.5) is 5.69 Å². The monoisotopic (exact) mass is 412 g/mol. The van der Waals surface area contributed by atoms with Crippen molar-refractivity contribution in [3.8, 4) is 5.75 Å². The molecular formula is C16H14BrClN2O4. The highest BCUT2D eigenvalue weighted by atomic mass is 79.9. The van der Waals surface area contributed by atoms with Crippen molar-refractivity contribution in [3.63, 3.8) is 0 Å². The van der Waals surface area contributed by atoms with Crippen molar-refractivity contribution in [2.75, 3.05) is 12.4 Å². The van der Waals surface area contributed by atoms with Gasteiger partial charge in [0.25, 0.3) is 5.91 Å². The molecular weight excluding hydrogens is 400 g/mol. The molecule has 0 bridgehead atoms. The molecule has 0 radical (unpaired) electrons. The third-order valence-corrected chi connectivity index (χ3v) is 3.68. The van der Waals surface area contributed by atoms with Crippen molar-refractivity contribution in [3.05, 3.63) is 51.7 Å². The number of esters is 1. The second kappa shape index (κ2) is 8.12. The van der Waals surface area contributed by atoms with Gasteiger partial charge in [-0.3, -0.25) is 9.78 Å². The van der Waals surface area contributed by atoms with Crippen LogP contribution in [0.5, 0.6) is 5.75 Å². The second-order valence-electron chi connectivity index (χ2n) is 4.77. The average Bonchev–Trinajstić information content (AvgIpc) is 2.55. The number of hydrogen-bond acceptors (Lipinski definition) is 5. The van der Waals surface area contributed by atoms with E-state index in [4.69, 9.17) is 21.1 Å². The SMILES string of the molecule is COc1ccc(Cl)cc1NC(=O)[C@@H](C)OC(=O)c1cncc(Br)c1. The lowest BCUT2D eigenvalue weighted by Crippen LogP contribution is -2.30. The van der Waals surface area contributed by atoms with Gasteiger partial charge in [-0.25, -0.2) is 4.79 Å². The van der Waals surface area contributed by atoms with Gasteiger partial charge < -0.3 is 14.8 Å². The predicted molar refractivity (Wildman–Crippen MR) is 93.4 cm³/mol. The minimum atomic E-state index is -1.01. The number of anilines is 1. The first-order valence-electron chi connectivity index (χ1n) is 6.86. The number of carbonyl (C=O) groups is 2. The van der Waals surface area contributed by atoms with Crippen LogP contribution in [0.2, 0.25) is 5.02 Å². The molecule has 6 nitrogen and oxygen atoms in total. The van der Waals surface area contributed by atoms with E-state index < -0.39 is 18.0 Å². The molecule has 0 aliphatic heterocycles. The lowest BCUT2D eigenvalue weighted by molar-refractivity contribution is -0.123. The van der Waals surface area contributed by atoms with E-state index >= 15 is 0 Å². The molecule has 0 aliphatic carbocycles. The Hall–Kier alpha value is -2.12. The maximum atomic E-state index is 12.2. The zero-order chi connectivity index (χ0) is 17.7. The zero-order valence-electron chi connectivity index (χ0n) is 12.9. The number of ether oxygens (including phenoxy) is 2. The third-order valence-electron chi connectivity index (χ3n) is 3.01. The highest BCUT2D eigenvalue weighted by molar-refractivity contribution is 9.10. The molecule has 0 saturated heterocycles. The Morgan fingerprint density at radius 3 is 2.71 bits per heavy atom. The Labute approximate surface area is 152 Å². The summed E-state index contributed by atoms with van der Waals surface area (Å²) in [4.78, 5) is 28.1. The molecule has 0 fully saturated rings. The number of carbonyl (C=O) groups excluding carboxylic acids is 2. The average molecular weight is 414 g/mol. The van der Waals surface area contributed by atoms with Crippen LogP contribution in [0.1, 0.15) is 17.3 Å². The van der Waals surface area contributed by atoms with Crippen LogP contribution in [-0.2, 0) is 9.53 Å². The first kappa shape index (κ1) is 18.2. The number of benzene rings is 1. The summed E-state index contributed by atoms with van der Waals surface area (Å²) in [5, 5.41) is 3.06. The molecule has 1 amide bonds. The molecule has 126 valence electrons. The summed E-state index contributed by atoms with van der Waals surface area (Å²) in [6.07, 6.45) is 1.89. The summed E-state index contributed by atoms with van der Waals surface area (Å²) in [6, 6.07) is 6.37. The maximum absolute atomic E-state index is 12.2. The van der Waals surface area contributed by atoms with Crippen LogP contribution in [-0.4, -0.2) is 30.1 Å². The number of rotatable bonds is 5. The fourth-order valence-corrected chi connectivity index (χ4v) is 2.35. The second-order valence-corrected chi connectivity index (χ2v) is 6.13. The van der Waals surface area contributed by atoms with Crippen molar-refractivity contribution in [2.45, 2.75) is 13.0 Å². The number of amides is 1. The van der Waals surface area contributed by atoms with E-state index in [1.807, 2.05) is 0 Å². The van der Waals surface area contributed by atoms with Gasteiger partial charge in [-0.15, -0.1) is 0 Å². The van der Waals surface area contributed by atoms with Crippen molar-refractivity contribution in [1.82, 2.24) is 4.98 Å². The smallest absolute Gasteiger partial charge is 0.340 e. The number of halogens is 2. The van der Waals surface area contributed by atoms with E-state index in [1.165, 1.54) is 20.2 Å². The van der Waals surface area contributed by atoms with Crippen LogP contribution in [0.25, 0.3) is 0 Å². The molecule has 1 aromatic carbocycles. The molecule has 0 aliphatic rings. The van der Waals surface area contributed by atoms with E-state index in [-0.39, 0.29) is 5.56 Å². The summed E-state index contributed by atoms with van der Waals surface area (Å²) < 4.78 is 10.9. The predicted octanol–water partition coefficient (Wildman–Crippen LogP) is 3.69. The first-order chi connectivity index (χ1) is 11.4. The van der Waals surface area contributed by atoms with Crippen molar-refractivity contribution < 1.29 is 19.1 Å². The lowest BCUT2D eigenvalue weighted by Gasteiger charge is -2.15. The van der Waals surface area contributed by atoms with Crippen LogP contribution >= 0.6 is 27.5 Å². The van der Waals surface area contributed by atoms with E-state index in [9.17, 15) is 9.59 Å². The van der Waals surface area contributed by atoms with E-state index in [1.54, 1.807) is 30.5 Å². The Morgan fingerprint density at radius 2 is 2.04 bits per heavy atom. The number of methoxy groups -OCH3 is 1. The Bertz CT molecular complexity index is 769. The molecule has 2 aromatic rings. The van der Waals surface area contributed by atoms with Crippen LogP contribution in [0.3, 0.4) is 0 Å². The number of hydrogen-bond donors (Lipinski definition) is 1. The Morgan fingerprint density at radius 1 is 1.29 bits per heavy atom. The Kier molecular flexibility index (Phi) is 6.16. The van der Waals surface area contributed by atoms with E-state index in [0.29, 0.717) is 20.9 Å². The summed E-state index contributed by atoms with van der Waals surface area (Å²) in [5.74, 6) is -0.709. The molecule has 1 atom stereocenters. The molecule has 0 spiro atoms. The van der Waals surface area contributed by atoms with Gasteiger partial charge in [-0.05, 0) is 47.1 Å². The minimum absolute atomic E-state index is 0.240. The molecule has 8 heteroatoms. The van der Waals surface area contributed by atoms with Crippen LogP contribution in [0.15, 0.2) is 41.1 Å². The molecule has 1 N–H and O–H groups in total. The highest BCUT2D eigenvalue weighted by Gasteiger charge is 2.20. The third kappa shape index (κ3) is 4.69. The van der Waals surface area contributed by atoms with Gasteiger partial charge in [0.2, 0.25) is 0 Å². The summed E-state index contributed by atoms with van der Waals surface area (Å²) in [6.45, 7) is 1.47.